The first-order chi connectivity index (χ1) is 11.5. The molecular weight excluding hydrogens is 427 g/mol. The number of guanidine groups is 1. The van der Waals surface area contributed by atoms with Crippen LogP contribution >= 0.6 is 24.0 Å². The monoisotopic (exact) mass is 456 g/mol. The molecule has 0 radical (unpaired) electrons. The summed E-state index contributed by atoms with van der Waals surface area (Å²) in [5.41, 5.74) is 8.06. The molecule has 0 saturated heterocycles. The van der Waals surface area contributed by atoms with Gasteiger partial charge in [0, 0.05) is 6.04 Å². The molecule has 0 fully saturated rings. The Morgan fingerprint density at radius 2 is 1.92 bits per heavy atom. The smallest absolute Gasteiger partial charge is 0.189 e. The Morgan fingerprint density at radius 1 is 1.20 bits per heavy atom. The van der Waals surface area contributed by atoms with Gasteiger partial charge in [-0.1, -0.05) is 38.8 Å². The van der Waals surface area contributed by atoms with Gasteiger partial charge in [0.05, 0.1) is 12.2 Å². The van der Waals surface area contributed by atoms with Crippen molar-refractivity contribution in [2.75, 3.05) is 0 Å². The van der Waals surface area contributed by atoms with E-state index in [0.29, 0.717) is 18.5 Å². The van der Waals surface area contributed by atoms with Crippen LogP contribution in [0.2, 0.25) is 0 Å². The topological polar surface area (TPSA) is 81.1 Å². The van der Waals surface area contributed by atoms with Crippen LogP contribution in [-0.2, 0) is 6.54 Å². The van der Waals surface area contributed by atoms with E-state index in [9.17, 15) is 0 Å². The van der Waals surface area contributed by atoms with Gasteiger partial charge in [0.2, 0.25) is 0 Å². The number of nitrogens with zero attached hydrogens (tertiary/aromatic N) is 4. The molecule has 3 N–H and O–H groups in total. The Hall–Kier alpha value is -1.64. The summed E-state index contributed by atoms with van der Waals surface area (Å²) in [6.07, 6.45) is 6.77. The first-order valence-corrected chi connectivity index (χ1v) is 8.55. The third kappa shape index (κ3) is 7.85. The molecule has 0 aliphatic carbocycles. The molecule has 1 aromatic carbocycles. The van der Waals surface area contributed by atoms with Gasteiger partial charge in [-0.25, -0.2) is 14.7 Å². The highest BCUT2D eigenvalue weighted by Gasteiger charge is 2.04. The molecule has 138 valence electrons. The van der Waals surface area contributed by atoms with E-state index in [1.165, 1.54) is 19.2 Å². The second kappa shape index (κ2) is 11.1. The molecule has 0 bridgehead atoms. The highest BCUT2D eigenvalue weighted by molar-refractivity contribution is 14.0. The zero-order valence-corrected chi connectivity index (χ0v) is 17.6. The van der Waals surface area contributed by atoms with Gasteiger partial charge >= 0.3 is 0 Å². The van der Waals surface area contributed by atoms with Crippen LogP contribution in [0.25, 0.3) is 5.69 Å². The Labute approximate surface area is 167 Å². The third-order valence-electron chi connectivity index (χ3n) is 3.86. The summed E-state index contributed by atoms with van der Waals surface area (Å²) in [6.45, 7) is 7.22. The van der Waals surface area contributed by atoms with Crippen LogP contribution in [0.3, 0.4) is 0 Å². The van der Waals surface area contributed by atoms with Gasteiger partial charge < -0.3 is 11.1 Å². The first-order valence-electron chi connectivity index (χ1n) is 8.55. The molecule has 6 nitrogen and oxygen atoms in total. The van der Waals surface area contributed by atoms with E-state index >= 15 is 0 Å². The van der Waals surface area contributed by atoms with Crippen LogP contribution < -0.4 is 11.1 Å². The lowest BCUT2D eigenvalue weighted by molar-refractivity contribution is 0.493. The van der Waals surface area contributed by atoms with E-state index in [2.05, 4.69) is 41.2 Å². The molecule has 0 aliphatic rings. The number of nitrogens with two attached hydrogens (primary N) is 1. The molecule has 2 aromatic rings. The van der Waals surface area contributed by atoms with Crippen LogP contribution in [0.5, 0.6) is 0 Å². The lowest BCUT2D eigenvalue weighted by atomic mass is 10.0. The maximum Gasteiger partial charge on any atom is 0.189 e. The molecule has 1 heterocycles. The fourth-order valence-corrected chi connectivity index (χ4v) is 2.47. The average Bonchev–Trinajstić information content (AvgIpc) is 3.07. The fraction of sp³-hybridized carbons (Fsp3) is 0.500. The molecule has 25 heavy (non-hydrogen) atoms. The second-order valence-corrected chi connectivity index (χ2v) is 6.58. The van der Waals surface area contributed by atoms with Gasteiger partial charge in [-0.3, -0.25) is 0 Å². The molecule has 0 saturated carbocycles. The standard InChI is InChI=1S/C18H28N6.HI/c1-14(2)5-4-6-15(3)23-18(19)21-11-16-7-9-17(10-8-16)24-13-20-12-22-24;/h7-10,12-15H,4-6,11H2,1-3H3,(H3,19,21,23);1H. The molecule has 2 rings (SSSR count). The molecule has 7 heteroatoms. The van der Waals surface area contributed by atoms with E-state index < -0.39 is 0 Å². The van der Waals surface area contributed by atoms with Crippen molar-refractivity contribution < 1.29 is 0 Å². The number of aromatic nitrogens is 3. The van der Waals surface area contributed by atoms with E-state index in [-0.39, 0.29) is 24.0 Å². The minimum atomic E-state index is 0. The van der Waals surface area contributed by atoms with Gasteiger partial charge in [-0.15, -0.1) is 24.0 Å². The summed E-state index contributed by atoms with van der Waals surface area (Å²) in [5, 5.41) is 7.37. The minimum Gasteiger partial charge on any atom is -0.370 e. The number of hydrogen-bond acceptors (Lipinski definition) is 3. The van der Waals surface area contributed by atoms with Crippen LogP contribution in [0, 0.1) is 5.92 Å². The molecular formula is C18H29IN6. The highest BCUT2D eigenvalue weighted by atomic mass is 127. The maximum absolute atomic E-state index is 5.98. The van der Waals surface area contributed by atoms with Gasteiger partial charge in [-0.05, 0) is 37.0 Å². The average molecular weight is 456 g/mol. The summed E-state index contributed by atoms with van der Waals surface area (Å²) in [7, 11) is 0. The molecule has 1 unspecified atom stereocenters. The summed E-state index contributed by atoms with van der Waals surface area (Å²) in [4.78, 5) is 8.36. The van der Waals surface area contributed by atoms with Crippen molar-refractivity contribution in [2.24, 2.45) is 16.6 Å². The predicted molar refractivity (Wildman–Crippen MR) is 113 cm³/mol. The predicted octanol–water partition coefficient (Wildman–Crippen LogP) is 3.50. The number of hydrogen-bond donors (Lipinski definition) is 2. The SMILES string of the molecule is CC(C)CCCC(C)NC(N)=NCc1ccc(-n2cncn2)cc1.I. The molecule has 0 spiro atoms. The van der Waals surface area contributed by atoms with Gasteiger partial charge in [0.15, 0.2) is 5.96 Å². The van der Waals surface area contributed by atoms with Crippen molar-refractivity contribution in [1.82, 2.24) is 20.1 Å². The van der Waals surface area contributed by atoms with Crippen LogP contribution in [0.4, 0.5) is 0 Å². The second-order valence-electron chi connectivity index (χ2n) is 6.58. The van der Waals surface area contributed by atoms with Gasteiger partial charge in [0.25, 0.3) is 0 Å². The number of nitrogens with one attached hydrogen (secondary N) is 1. The van der Waals surface area contributed by atoms with Crippen molar-refractivity contribution in [3.63, 3.8) is 0 Å². The number of aliphatic imine (C=N–C) groups is 1. The molecule has 0 amide bonds. The molecule has 1 atom stereocenters. The summed E-state index contributed by atoms with van der Waals surface area (Å²) in [6, 6.07) is 8.40. The van der Waals surface area contributed by atoms with Crippen molar-refractivity contribution >= 4 is 29.9 Å². The zero-order chi connectivity index (χ0) is 17.4. The van der Waals surface area contributed by atoms with Crippen LogP contribution in [0.15, 0.2) is 41.9 Å². The quantitative estimate of drug-likeness (QED) is 0.362. The fourth-order valence-electron chi connectivity index (χ4n) is 2.47. The lowest BCUT2D eigenvalue weighted by Crippen LogP contribution is -2.38. The number of rotatable bonds is 8. The van der Waals surface area contributed by atoms with E-state index in [0.717, 1.165) is 23.6 Å². The zero-order valence-electron chi connectivity index (χ0n) is 15.2. The Kier molecular flexibility index (Phi) is 9.48. The van der Waals surface area contributed by atoms with Crippen LogP contribution in [0.1, 0.15) is 45.6 Å². The van der Waals surface area contributed by atoms with Crippen molar-refractivity contribution in [2.45, 2.75) is 52.6 Å². The van der Waals surface area contributed by atoms with E-state index in [1.54, 1.807) is 11.0 Å². The lowest BCUT2D eigenvalue weighted by Gasteiger charge is -2.15. The van der Waals surface area contributed by atoms with Gasteiger partial charge in [0.1, 0.15) is 12.7 Å². The Bertz CT molecular complexity index is 622. The van der Waals surface area contributed by atoms with Crippen LogP contribution in [-0.4, -0.2) is 26.8 Å². The molecule has 0 aliphatic heterocycles. The normalized spacial score (nSPS) is 12.7. The third-order valence-corrected chi connectivity index (χ3v) is 3.86. The van der Waals surface area contributed by atoms with Gasteiger partial charge in [-0.2, -0.15) is 5.10 Å². The Balaban J connectivity index is 0.00000312. The Morgan fingerprint density at radius 3 is 2.52 bits per heavy atom. The minimum absolute atomic E-state index is 0. The summed E-state index contributed by atoms with van der Waals surface area (Å²) in [5.74, 6) is 1.26. The van der Waals surface area contributed by atoms with E-state index in [1.807, 2.05) is 24.3 Å². The summed E-state index contributed by atoms with van der Waals surface area (Å²) < 4.78 is 1.72. The van der Waals surface area contributed by atoms with Crippen molar-refractivity contribution in [1.29, 1.82) is 0 Å². The number of benzene rings is 1. The number of halogens is 1. The molecule has 1 aromatic heterocycles. The first kappa shape index (κ1) is 21.4. The van der Waals surface area contributed by atoms with E-state index in [4.69, 9.17) is 5.73 Å². The van der Waals surface area contributed by atoms with Crippen molar-refractivity contribution in [3.8, 4) is 5.69 Å². The summed E-state index contributed by atoms with van der Waals surface area (Å²) >= 11 is 0. The largest absolute Gasteiger partial charge is 0.370 e. The van der Waals surface area contributed by atoms with Crippen molar-refractivity contribution in [3.05, 3.63) is 42.5 Å². The highest BCUT2D eigenvalue weighted by Crippen LogP contribution is 2.10. The maximum atomic E-state index is 5.98.